The Hall–Kier alpha value is -2.61. The summed E-state index contributed by atoms with van der Waals surface area (Å²) in [5, 5.41) is 0.704. The van der Waals surface area contributed by atoms with Crippen LogP contribution in [0.2, 0.25) is 0 Å². The number of imidazole rings is 1. The molecule has 3 aromatic rings. The number of aromatic amines is 1. The summed E-state index contributed by atoms with van der Waals surface area (Å²) in [4.78, 5) is 39.8. The number of nitrogens with one attached hydrogen (secondary N) is 1. The summed E-state index contributed by atoms with van der Waals surface area (Å²) >= 11 is 1.55. The fraction of sp³-hybridized carbons (Fsp3) is 0.368. The lowest BCUT2D eigenvalue weighted by Gasteiger charge is -2.31. The number of benzene rings is 1. The number of likely N-dealkylation sites (tertiary alicyclic amines) is 1. The number of nitrogens with zero attached hydrogens (tertiary/aromatic N) is 4. The number of hydrogen-bond acceptors (Lipinski definition) is 5. The number of rotatable bonds is 2. The molecule has 2 aromatic heterocycles. The molecule has 1 fully saturated rings. The molecular formula is C19H19N5O2S. The second-order valence-corrected chi connectivity index (χ2v) is 8.05. The van der Waals surface area contributed by atoms with E-state index in [1.807, 2.05) is 24.3 Å². The quantitative estimate of drug-likeness (QED) is 0.689. The van der Waals surface area contributed by atoms with Gasteiger partial charge in [-0.05, 0) is 25.0 Å². The molecule has 1 saturated heterocycles. The maximum Gasteiger partial charge on any atom is 0.267 e. The Morgan fingerprint density at radius 1 is 1.26 bits per heavy atom. The number of H-pyrrole nitrogens is 1. The lowest BCUT2D eigenvalue weighted by molar-refractivity contribution is 0.0701. The van der Waals surface area contributed by atoms with Crippen molar-refractivity contribution in [1.29, 1.82) is 0 Å². The molecule has 0 aliphatic carbocycles. The molecule has 2 aliphatic heterocycles. The van der Waals surface area contributed by atoms with E-state index in [2.05, 4.69) is 9.97 Å². The largest absolute Gasteiger partial charge is 0.342 e. The highest BCUT2D eigenvalue weighted by molar-refractivity contribution is 7.99. The fourth-order valence-corrected chi connectivity index (χ4v) is 4.80. The zero-order valence-electron chi connectivity index (χ0n) is 14.7. The van der Waals surface area contributed by atoms with Gasteiger partial charge in [-0.15, -0.1) is 0 Å². The Labute approximate surface area is 159 Å². The number of hydrogen-bond donors (Lipinski definition) is 1. The number of piperidine rings is 1. The van der Waals surface area contributed by atoms with Crippen molar-refractivity contribution in [1.82, 2.24) is 24.4 Å². The van der Waals surface area contributed by atoms with Crippen LogP contribution in [0.15, 0.2) is 40.4 Å². The van der Waals surface area contributed by atoms with Gasteiger partial charge in [0.2, 0.25) is 0 Å². The Balaban J connectivity index is 1.41. The molecular weight excluding hydrogens is 362 g/mol. The van der Waals surface area contributed by atoms with E-state index in [-0.39, 0.29) is 22.9 Å². The van der Waals surface area contributed by atoms with Crippen molar-refractivity contribution in [2.75, 3.05) is 18.8 Å². The van der Waals surface area contributed by atoms with Gasteiger partial charge in [-0.25, -0.2) is 9.97 Å². The van der Waals surface area contributed by atoms with E-state index in [0.717, 1.165) is 35.5 Å². The SMILES string of the molecule is O=C(c1cnc2n(c1=O)CCS2)N1CCC[C@@H](c2nc3ccccc3[nH]2)C1. The molecule has 4 heterocycles. The maximum absolute atomic E-state index is 13.0. The van der Waals surface area contributed by atoms with Gasteiger partial charge in [0.25, 0.3) is 11.5 Å². The van der Waals surface area contributed by atoms with Crippen molar-refractivity contribution >= 4 is 28.7 Å². The van der Waals surface area contributed by atoms with E-state index in [1.165, 1.54) is 6.20 Å². The molecule has 0 radical (unpaired) electrons. The molecule has 1 aromatic carbocycles. The molecule has 1 N–H and O–H groups in total. The van der Waals surface area contributed by atoms with E-state index < -0.39 is 0 Å². The minimum atomic E-state index is -0.222. The van der Waals surface area contributed by atoms with Crippen LogP contribution in [0, 0.1) is 0 Å². The molecule has 5 rings (SSSR count). The van der Waals surface area contributed by atoms with Crippen LogP contribution in [0.5, 0.6) is 0 Å². The van der Waals surface area contributed by atoms with Gasteiger partial charge in [0.05, 0.1) is 11.0 Å². The molecule has 27 heavy (non-hydrogen) atoms. The summed E-state index contributed by atoms with van der Waals surface area (Å²) in [7, 11) is 0. The first-order valence-electron chi connectivity index (χ1n) is 9.17. The van der Waals surface area contributed by atoms with Gasteiger partial charge >= 0.3 is 0 Å². The number of fused-ring (bicyclic) bond motifs is 2. The highest BCUT2D eigenvalue weighted by Crippen LogP contribution is 2.27. The molecule has 1 amide bonds. The van der Waals surface area contributed by atoms with E-state index in [4.69, 9.17) is 4.98 Å². The first-order valence-corrected chi connectivity index (χ1v) is 10.2. The Bertz CT molecular complexity index is 1060. The Kier molecular flexibility index (Phi) is 4.00. The number of aromatic nitrogens is 4. The number of carbonyl (C=O) groups excluding carboxylic acids is 1. The molecule has 0 unspecified atom stereocenters. The van der Waals surface area contributed by atoms with Gasteiger partial charge in [0.15, 0.2) is 5.16 Å². The van der Waals surface area contributed by atoms with E-state index in [0.29, 0.717) is 24.8 Å². The zero-order valence-corrected chi connectivity index (χ0v) is 15.5. The maximum atomic E-state index is 13.0. The van der Waals surface area contributed by atoms with Crippen molar-refractivity contribution in [2.24, 2.45) is 0 Å². The third-order valence-corrected chi connectivity index (χ3v) is 6.26. The summed E-state index contributed by atoms with van der Waals surface area (Å²) in [6.45, 7) is 1.84. The van der Waals surface area contributed by atoms with Crippen molar-refractivity contribution in [3.63, 3.8) is 0 Å². The minimum Gasteiger partial charge on any atom is -0.342 e. The van der Waals surface area contributed by atoms with E-state index in [1.54, 1.807) is 21.2 Å². The number of para-hydroxylation sites is 2. The van der Waals surface area contributed by atoms with Crippen LogP contribution in [-0.2, 0) is 6.54 Å². The fourth-order valence-electron chi connectivity index (χ4n) is 3.89. The van der Waals surface area contributed by atoms with Crippen LogP contribution in [0.1, 0.15) is 34.9 Å². The third kappa shape index (κ3) is 2.84. The van der Waals surface area contributed by atoms with Gasteiger partial charge in [-0.1, -0.05) is 23.9 Å². The predicted molar refractivity (Wildman–Crippen MR) is 103 cm³/mol. The summed E-state index contributed by atoms with van der Waals surface area (Å²) in [5.74, 6) is 1.67. The second kappa shape index (κ2) is 6.53. The van der Waals surface area contributed by atoms with Gasteiger partial charge in [-0.2, -0.15) is 0 Å². The summed E-state index contributed by atoms with van der Waals surface area (Å²) < 4.78 is 1.61. The smallest absolute Gasteiger partial charge is 0.267 e. The monoisotopic (exact) mass is 381 g/mol. The van der Waals surface area contributed by atoms with Crippen molar-refractivity contribution in [3.05, 3.63) is 52.2 Å². The van der Waals surface area contributed by atoms with Crippen LogP contribution < -0.4 is 5.56 Å². The van der Waals surface area contributed by atoms with Gasteiger partial charge in [0, 0.05) is 37.5 Å². The molecule has 8 heteroatoms. The summed E-state index contributed by atoms with van der Waals surface area (Å²) in [6.07, 6.45) is 3.31. The number of carbonyl (C=O) groups is 1. The average molecular weight is 381 g/mol. The highest BCUT2D eigenvalue weighted by Gasteiger charge is 2.30. The predicted octanol–water partition coefficient (Wildman–Crippen LogP) is 2.25. The van der Waals surface area contributed by atoms with Gasteiger partial charge < -0.3 is 9.88 Å². The molecule has 1 atom stereocenters. The Morgan fingerprint density at radius 3 is 3.04 bits per heavy atom. The van der Waals surface area contributed by atoms with Crippen LogP contribution in [0.3, 0.4) is 0 Å². The first-order chi connectivity index (χ1) is 13.2. The first kappa shape index (κ1) is 16.6. The molecule has 7 nitrogen and oxygen atoms in total. The van der Waals surface area contributed by atoms with Crippen molar-refractivity contribution in [2.45, 2.75) is 30.5 Å². The Morgan fingerprint density at radius 2 is 2.15 bits per heavy atom. The van der Waals surface area contributed by atoms with Gasteiger partial charge in [-0.3, -0.25) is 14.2 Å². The van der Waals surface area contributed by atoms with E-state index in [9.17, 15) is 9.59 Å². The van der Waals surface area contributed by atoms with E-state index >= 15 is 0 Å². The van der Waals surface area contributed by atoms with Gasteiger partial charge in [0.1, 0.15) is 11.4 Å². The molecule has 0 bridgehead atoms. The van der Waals surface area contributed by atoms with Crippen molar-refractivity contribution < 1.29 is 4.79 Å². The highest BCUT2D eigenvalue weighted by atomic mass is 32.2. The van der Waals surface area contributed by atoms with Crippen LogP contribution >= 0.6 is 11.8 Å². The van der Waals surface area contributed by atoms with Crippen LogP contribution in [-0.4, -0.2) is 49.2 Å². The third-order valence-electron chi connectivity index (χ3n) is 5.29. The minimum absolute atomic E-state index is 0.149. The number of thioether (sulfide) groups is 1. The molecule has 2 aliphatic rings. The lowest BCUT2D eigenvalue weighted by Crippen LogP contribution is -2.42. The zero-order chi connectivity index (χ0) is 18.4. The van der Waals surface area contributed by atoms with Crippen LogP contribution in [0.4, 0.5) is 0 Å². The molecule has 0 saturated carbocycles. The summed E-state index contributed by atoms with van der Waals surface area (Å²) in [6, 6.07) is 7.94. The summed E-state index contributed by atoms with van der Waals surface area (Å²) in [5.41, 5.74) is 1.90. The topological polar surface area (TPSA) is 83.9 Å². The van der Waals surface area contributed by atoms with Crippen LogP contribution in [0.25, 0.3) is 11.0 Å². The second-order valence-electron chi connectivity index (χ2n) is 6.99. The molecule has 138 valence electrons. The standard InChI is InChI=1S/C19H19N5O2S/c25-17(13-10-20-19-24(18(13)26)8-9-27-19)23-7-3-4-12(11-23)16-21-14-5-1-2-6-15(14)22-16/h1-2,5-6,10,12H,3-4,7-9,11H2,(H,21,22)/t12-/m1/s1. The average Bonchev–Trinajstić information content (AvgIpc) is 3.35. The number of amides is 1. The molecule has 0 spiro atoms. The van der Waals surface area contributed by atoms with Crippen molar-refractivity contribution in [3.8, 4) is 0 Å². The normalized spacial score (nSPS) is 19.4. The lowest BCUT2D eigenvalue weighted by atomic mass is 9.97.